The Morgan fingerprint density at radius 3 is 2.50 bits per heavy atom. The van der Waals surface area contributed by atoms with Crippen LogP contribution in [0.3, 0.4) is 0 Å². The second-order valence-electron chi connectivity index (χ2n) is 0.619. The largest absolute Gasteiger partial charge is 0.359 e. The molecule has 0 spiro atoms. The Labute approximate surface area is 47.9 Å². The first-order valence-corrected chi connectivity index (χ1v) is 1.25. The van der Waals surface area contributed by atoms with Crippen LogP contribution in [0, 0.1) is 0 Å². The molecule has 1 heterocycles. The summed E-state index contributed by atoms with van der Waals surface area (Å²) in [6, 6.07) is 0. The molecule has 0 bridgehead atoms. The summed E-state index contributed by atoms with van der Waals surface area (Å²) in [6.07, 6.45) is 3.06. The zero-order valence-corrected chi connectivity index (χ0v) is 4.47. The first kappa shape index (κ1) is 5.76. The normalized spacial score (nSPS) is 6.67. The van der Waals surface area contributed by atoms with Crippen molar-refractivity contribution >= 4 is 0 Å². The van der Waals surface area contributed by atoms with Crippen molar-refractivity contribution in [1.29, 1.82) is 0 Å². The molecule has 1 rings (SSSR count). The molecule has 0 amide bonds. The summed E-state index contributed by atoms with van der Waals surface area (Å²) in [5.41, 5.74) is 0. The zero-order chi connectivity index (χ0) is 3.54. The maximum absolute atomic E-state index is 3.36. The number of nitrogens with zero attached hydrogens (tertiary/aromatic N) is 3. The molecule has 0 saturated heterocycles. The van der Waals surface area contributed by atoms with Crippen LogP contribution in [0.4, 0.5) is 0 Å². The molecule has 0 aliphatic carbocycles. The summed E-state index contributed by atoms with van der Waals surface area (Å²) >= 11 is 0. The van der Waals surface area contributed by atoms with E-state index in [1.54, 1.807) is 0 Å². The summed E-state index contributed by atoms with van der Waals surface area (Å²) < 4.78 is 0. The van der Waals surface area contributed by atoms with E-state index in [1.807, 2.05) is 0 Å². The van der Waals surface area contributed by atoms with E-state index in [-0.39, 0.29) is 19.5 Å². The molecule has 6 heavy (non-hydrogen) atoms. The first-order valence-electron chi connectivity index (χ1n) is 1.25. The van der Waals surface area contributed by atoms with Gasteiger partial charge in [-0.1, -0.05) is 12.4 Å². The third-order valence-corrected chi connectivity index (χ3v) is 0.303. The molecule has 0 unspecified atom stereocenters. The number of hydrogen-bond donors (Lipinski definition) is 0. The molecule has 0 aliphatic rings. The number of hydrogen-bond acceptors (Lipinski definition) is 2. The molecule has 0 fully saturated rings. The SMILES string of the molecule is [Rh].c1c[n-]nn1. The fourth-order valence-electron chi connectivity index (χ4n) is 0.149. The van der Waals surface area contributed by atoms with Crippen molar-refractivity contribution < 1.29 is 19.5 Å². The maximum atomic E-state index is 3.36. The van der Waals surface area contributed by atoms with E-state index in [9.17, 15) is 0 Å². The molecular formula is C2H2N3Rh-. The molecule has 35 valence electrons. The molecule has 1 aromatic rings. The summed E-state index contributed by atoms with van der Waals surface area (Å²) in [5, 5.41) is 9.94. The summed E-state index contributed by atoms with van der Waals surface area (Å²) in [5.74, 6) is 0. The Morgan fingerprint density at radius 1 is 1.50 bits per heavy atom. The Balaban J connectivity index is 0.000000250. The summed E-state index contributed by atoms with van der Waals surface area (Å²) in [7, 11) is 0. The third kappa shape index (κ3) is 1.27. The molecule has 0 aliphatic heterocycles. The first-order chi connectivity index (χ1) is 2.50. The van der Waals surface area contributed by atoms with Gasteiger partial charge < -0.3 is 10.2 Å². The van der Waals surface area contributed by atoms with Crippen LogP contribution in [0.5, 0.6) is 0 Å². The van der Waals surface area contributed by atoms with Crippen LogP contribution < -0.4 is 5.10 Å². The molecule has 0 saturated carbocycles. The Hall–Kier alpha value is -0.237. The minimum absolute atomic E-state index is 0. The van der Waals surface area contributed by atoms with Crippen molar-refractivity contribution in [3.63, 3.8) is 0 Å². The number of aromatic nitrogens is 3. The van der Waals surface area contributed by atoms with Crippen molar-refractivity contribution in [2.24, 2.45) is 0 Å². The minimum atomic E-state index is 0. The fraction of sp³-hybridized carbons (Fsp3) is 0. The average Bonchev–Trinajstić information content (AvgIpc) is 1.76. The van der Waals surface area contributed by atoms with Crippen LogP contribution in [0.25, 0.3) is 0 Å². The van der Waals surface area contributed by atoms with Gasteiger partial charge in [0.25, 0.3) is 0 Å². The van der Waals surface area contributed by atoms with Crippen LogP contribution in [0.1, 0.15) is 0 Å². The van der Waals surface area contributed by atoms with Crippen LogP contribution in [-0.2, 0) is 19.5 Å². The molecular weight excluding hydrogens is 169 g/mol. The van der Waals surface area contributed by atoms with Crippen molar-refractivity contribution in [1.82, 2.24) is 15.4 Å². The van der Waals surface area contributed by atoms with E-state index < -0.39 is 0 Å². The zero-order valence-electron chi connectivity index (χ0n) is 2.83. The van der Waals surface area contributed by atoms with Crippen LogP contribution in [0.15, 0.2) is 12.4 Å². The van der Waals surface area contributed by atoms with Crippen LogP contribution in [-0.4, -0.2) is 10.3 Å². The van der Waals surface area contributed by atoms with E-state index in [2.05, 4.69) is 15.4 Å². The maximum Gasteiger partial charge on any atom is 0 e. The van der Waals surface area contributed by atoms with Gasteiger partial charge in [-0.2, -0.15) is 0 Å². The van der Waals surface area contributed by atoms with Gasteiger partial charge in [-0.25, -0.2) is 0 Å². The molecule has 1 aromatic heterocycles. The van der Waals surface area contributed by atoms with Crippen LogP contribution >= 0.6 is 0 Å². The van der Waals surface area contributed by atoms with E-state index in [0.29, 0.717) is 0 Å². The smallest absolute Gasteiger partial charge is 0 e. The van der Waals surface area contributed by atoms with E-state index in [0.717, 1.165) is 0 Å². The van der Waals surface area contributed by atoms with Crippen molar-refractivity contribution in [3.8, 4) is 0 Å². The second kappa shape index (κ2) is 2.97. The van der Waals surface area contributed by atoms with Gasteiger partial charge in [-0.05, 0) is 0 Å². The van der Waals surface area contributed by atoms with E-state index in [4.69, 9.17) is 0 Å². The summed E-state index contributed by atoms with van der Waals surface area (Å²) in [6.45, 7) is 0. The van der Waals surface area contributed by atoms with Gasteiger partial charge in [0.2, 0.25) is 0 Å². The average molecular weight is 171 g/mol. The fourth-order valence-corrected chi connectivity index (χ4v) is 0.149. The van der Waals surface area contributed by atoms with Crippen LogP contribution in [0.2, 0.25) is 0 Å². The molecule has 0 N–H and O–H groups in total. The Morgan fingerprint density at radius 2 is 2.33 bits per heavy atom. The number of rotatable bonds is 0. The molecule has 4 heteroatoms. The van der Waals surface area contributed by atoms with E-state index in [1.165, 1.54) is 12.4 Å². The molecule has 0 atom stereocenters. The monoisotopic (exact) mass is 171 g/mol. The van der Waals surface area contributed by atoms with Crippen molar-refractivity contribution in [3.05, 3.63) is 12.4 Å². The Bertz CT molecular complexity index is 65.3. The van der Waals surface area contributed by atoms with Gasteiger partial charge in [0.1, 0.15) is 0 Å². The summed E-state index contributed by atoms with van der Waals surface area (Å²) in [4.78, 5) is 0. The van der Waals surface area contributed by atoms with Crippen molar-refractivity contribution in [2.45, 2.75) is 0 Å². The molecule has 3 nitrogen and oxygen atoms in total. The molecule has 0 aromatic carbocycles. The Kier molecular flexibility index (Phi) is 2.86. The second-order valence-corrected chi connectivity index (χ2v) is 0.619. The van der Waals surface area contributed by atoms with Gasteiger partial charge in [0, 0.05) is 19.5 Å². The predicted molar refractivity (Wildman–Crippen MR) is 15.4 cm³/mol. The topological polar surface area (TPSA) is 39.9 Å². The molecule has 1 radical (unpaired) electrons. The van der Waals surface area contributed by atoms with Gasteiger partial charge >= 0.3 is 0 Å². The van der Waals surface area contributed by atoms with Gasteiger partial charge in [0.05, 0.1) is 0 Å². The minimum Gasteiger partial charge on any atom is -0.359 e. The standard InChI is InChI=1S/C2H2N3.Rh/c1-2-4-5-3-1;/h1-2H;/q-1;. The van der Waals surface area contributed by atoms with Gasteiger partial charge in [-0.3, -0.25) is 5.21 Å². The van der Waals surface area contributed by atoms with E-state index >= 15 is 0 Å². The predicted octanol–water partition coefficient (Wildman–Crippen LogP) is -0.569. The van der Waals surface area contributed by atoms with Gasteiger partial charge in [0.15, 0.2) is 0 Å². The third-order valence-electron chi connectivity index (χ3n) is 0.303. The van der Waals surface area contributed by atoms with Crippen molar-refractivity contribution in [2.75, 3.05) is 0 Å². The van der Waals surface area contributed by atoms with Gasteiger partial charge in [-0.15, -0.1) is 0 Å². The quantitative estimate of drug-likeness (QED) is 0.490.